The van der Waals surface area contributed by atoms with Gasteiger partial charge in [-0.05, 0) is 45.0 Å². The highest BCUT2D eigenvalue weighted by Gasteiger charge is 2.33. The number of ether oxygens (including phenoxy) is 1. The third-order valence-electron chi connectivity index (χ3n) is 5.49. The van der Waals surface area contributed by atoms with E-state index in [-0.39, 0.29) is 10.9 Å². The Morgan fingerprint density at radius 1 is 1.07 bits per heavy atom. The van der Waals surface area contributed by atoms with E-state index in [1.807, 2.05) is 0 Å². The number of piperazine rings is 1. The van der Waals surface area contributed by atoms with Crippen LogP contribution in [0.3, 0.4) is 0 Å². The summed E-state index contributed by atoms with van der Waals surface area (Å²) in [7, 11) is -1.89. The minimum Gasteiger partial charge on any atom is -0.381 e. The molecule has 0 N–H and O–H groups in total. The van der Waals surface area contributed by atoms with Crippen LogP contribution in [0.2, 0.25) is 0 Å². The van der Waals surface area contributed by atoms with Gasteiger partial charge >= 0.3 is 0 Å². The van der Waals surface area contributed by atoms with Crippen molar-refractivity contribution in [2.24, 2.45) is 0 Å². The van der Waals surface area contributed by atoms with Gasteiger partial charge in [0.25, 0.3) is 0 Å². The Morgan fingerprint density at radius 2 is 1.68 bits per heavy atom. The summed E-state index contributed by atoms with van der Waals surface area (Å²) in [5.41, 5.74) is 0. The standard InChI is InChI=1S/C19H29F2N3O3S/c1-22-7-9-23(10-8-22)5-2-6-24(18-3-11-27-12-4-18)28(25,26)19-14-16(20)13-17(21)15-19/h13-15,18H,2-12H2,1H3. The van der Waals surface area contributed by atoms with E-state index in [1.54, 1.807) is 0 Å². The van der Waals surface area contributed by atoms with Gasteiger partial charge in [0.2, 0.25) is 10.0 Å². The van der Waals surface area contributed by atoms with Crippen LogP contribution in [0.1, 0.15) is 19.3 Å². The van der Waals surface area contributed by atoms with Crippen molar-refractivity contribution in [3.8, 4) is 0 Å². The van der Waals surface area contributed by atoms with Crippen LogP contribution in [0.5, 0.6) is 0 Å². The second-order valence-corrected chi connectivity index (χ2v) is 9.45. The Hall–Kier alpha value is -1.13. The van der Waals surface area contributed by atoms with Gasteiger partial charge in [0.05, 0.1) is 4.90 Å². The van der Waals surface area contributed by atoms with Crippen molar-refractivity contribution in [1.29, 1.82) is 0 Å². The van der Waals surface area contributed by atoms with Gasteiger partial charge in [0.1, 0.15) is 11.6 Å². The molecular weight excluding hydrogens is 388 g/mol. The summed E-state index contributed by atoms with van der Waals surface area (Å²) in [6, 6.07) is 2.26. The number of likely N-dealkylation sites (N-methyl/N-ethyl adjacent to an activating group) is 1. The maximum absolute atomic E-state index is 13.6. The highest BCUT2D eigenvalue weighted by Crippen LogP contribution is 2.25. The highest BCUT2D eigenvalue weighted by atomic mass is 32.2. The largest absolute Gasteiger partial charge is 0.381 e. The molecule has 2 heterocycles. The van der Waals surface area contributed by atoms with Gasteiger partial charge in [-0.1, -0.05) is 0 Å². The number of halogens is 2. The van der Waals surface area contributed by atoms with Crippen LogP contribution in [0.25, 0.3) is 0 Å². The van der Waals surface area contributed by atoms with E-state index in [0.717, 1.165) is 44.9 Å². The Bertz CT molecular complexity index is 729. The maximum Gasteiger partial charge on any atom is 0.243 e. The molecule has 0 spiro atoms. The minimum absolute atomic E-state index is 0.211. The number of nitrogens with zero attached hydrogens (tertiary/aromatic N) is 3. The Balaban J connectivity index is 1.72. The van der Waals surface area contributed by atoms with Gasteiger partial charge in [-0.15, -0.1) is 0 Å². The lowest BCUT2D eigenvalue weighted by molar-refractivity contribution is 0.0571. The normalized spacial score (nSPS) is 20.7. The Morgan fingerprint density at radius 3 is 2.29 bits per heavy atom. The first-order chi connectivity index (χ1) is 13.4. The van der Waals surface area contributed by atoms with Crippen molar-refractivity contribution >= 4 is 10.0 Å². The molecule has 0 saturated carbocycles. The van der Waals surface area contributed by atoms with Gasteiger partial charge in [0, 0.05) is 58.0 Å². The molecule has 1 aromatic rings. The van der Waals surface area contributed by atoms with Crippen molar-refractivity contribution in [3.63, 3.8) is 0 Å². The summed E-state index contributed by atoms with van der Waals surface area (Å²) in [6.45, 7) is 6.07. The van der Waals surface area contributed by atoms with E-state index in [1.165, 1.54) is 4.31 Å². The predicted octanol–water partition coefficient (Wildman–Crippen LogP) is 1.77. The van der Waals surface area contributed by atoms with Gasteiger partial charge in [-0.2, -0.15) is 4.31 Å². The van der Waals surface area contributed by atoms with E-state index in [4.69, 9.17) is 4.74 Å². The lowest BCUT2D eigenvalue weighted by Gasteiger charge is -2.35. The van der Waals surface area contributed by atoms with Gasteiger partial charge in [-0.25, -0.2) is 17.2 Å². The molecule has 2 aliphatic heterocycles. The third-order valence-corrected chi connectivity index (χ3v) is 7.42. The lowest BCUT2D eigenvalue weighted by Crippen LogP contribution is -2.47. The quantitative estimate of drug-likeness (QED) is 0.677. The average Bonchev–Trinajstić information content (AvgIpc) is 2.66. The van der Waals surface area contributed by atoms with Crippen LogP contribution in [0.15, 0.2) is 23.1 Å². The number of hydrogen-bond donors (Lipinski definition) is 0. The van der Waals surface area contributed by atoms with E-state index in [0.29, 0.717) is 45.1 Å². The topological polar surface area (TPSA) is 53.1 Å². The maximum atomic E-state index is 13.6. The van der Waals surface area contributed by atoms with Crippen molar-refractivity contribution < 1.29 is 21.9 Å². The fourth-order valence-corrected chi connectivity index (χ4v) is 5.57. The SMILES string of the molecule is CN1CCN(CCCN(C2CCOCC2)S(=O)(=O)c2cc(F)cc(F)c2)CC1. The molecule has 158 valence electrons. The molecule has 0 radical (unpaired) electrons. The molecule has 6 nitrogen and oxygen atoms in total. The van der Waals surface area contributed by atoms with Crippen LogP contribution in [-0.2, 0) is 14.8 Å². The summed E-state index contributed by atoms with van der Waals surface area (Å²) < 4.78 is 60.5. The second-order valence-electron chi connectivity index (χ2n) is 7.56. The molecule has 3 rings (SSSR count). The number of benzene rings is 1. The van der Waals surface area contributed by atoms with Crippen molar-refractivity contribution in [1.82, 2.24) is 14.1 Å². The first-order valence-corrected chi connectivity index (χ1v) is 11.3. The minimum atomic E-state index is -3.99. The molecule has 0 aromatic heterocycles. The fourth-order valence-electron chi connectivity index (χ4n) is 3.81. The molecular formula is C19H29F2N3O3S. The van der Waals surface area contributed by atoms with E-state index < -0.39 is 21.7 Å². The molecule has 2 aliphatic rings. The first-order valence-electron chi connectivity index (χ1n) is 9.83. The van der Waals surface area contributed by atoms with Gasteiger partial charge in [-0.3, -0.25) is 0 Å². The molecule has 1 aromatic carbocycles. The fraction of sp³-hybridized carbons (Fsp3) is 0.684. The Kier molecular flexibility index (Phi) is 7.38. The average molecular weight is 418 g/mol. The van der Waals surface area contributed by atoms with E-state index in [9.17, 15) is 17.2 Å². The zero-order valence-electron chi connectivity index (χ0n) is 16.3. The third kappa shape index (κ3) is 5.48. The number of rotatable bonds is 7. The summed E-state index contributed by atoms with van der Waals surface area (Å²) in [5, 5.41) is 0. The van der Waals surface area contributed by atoms with Crippen LogP contribution >= 0.6 is 0 Å². The monoisotopic (exact) mass is 417 g/mol. The highest BCUT2D eigenvalue weighted by molar-refractivity contribution is 7.89. The van der Waals surface area contributed by atoms with Crippen molar-refractivity contribution in [3.05, 3.63) is 29.8 Å². The lowest BCUT2D eigenvalue weighted by atomic mass is 10.1. The predicted molar refractivity (Wildman–Crippen MR) is 103 cm³/mol. The molecule has 2 fully saturated rings. The Labute approximate surface area is 166 Å². The number of sulfonamides is 1. The number of hydrogen-bond acceptors (Lipinski definition) is 5. The molecule has 28 heavy (non-hydrogen) atoms. The summed E-state index contributed by atoms with van der Waals surface area (Å²) >= 11 is 0. The molecule has 0 unspecified atom stereocenters. The van der Waals surface area contributed by atoms with Crippen molar-refractivity contribution in [2.75, 3.05) is 59.5 Å². The van der Waals surface area contributed by atoms with E-state index >= 15 is 0 Å². The van der Waals surface area contributed by atoms with Crippen LogP contribution in [0, 0.1) is 11.6 Å². The van der Waals surface area contributed by atoms with Crippen LogP contribution in [0.4, 0.5) is 8.78 Å². The van der Waals surface area contributed by atoms with Crippen LogP contribution < -0.4 is 0 Å². The van der Waals surface area contributed by atoms with Gasteiger partial charge < -0.3 is 14.5 Å². The molecule has 0 atom stereocenters. The summed E-state index contributed by atoms with van der Waals surface area (Å²) in [6.07, 6.45) is 1.86. The molecule has 2 saturated heterocycles. The smallest absolute Gasteiger partial charge is 0.243 e. The summed E-state index contributed by atoms with van der Waals surface area (Å²) in [5.74, 6) is -1.77. The molecule has 9 heteroatoms. The van der Waals surface area contributed by atoms with Crippen molar-refractivity contribution in [2.45, 2.75) is 30.2 Å². The van der Waals surface area contributed by atoms with Crippen LogP contribution in [-0.4, -0.2) is 88.1 Å². The molecule has 0 aliphatic carbocycles. The molecule has 0 bridgehead atoms. The van der Waals surface area contributed by atoms with Gasteiger partial charge in [0.15, 0.2) is 0 Å². The first kappa shape index (κ1) is 21.6. The molecule has 0 amide bonds. The van der Waals surface area contributed by atoms with E-state index in [2.05, 4.69) is 16.8 Å². The summed E-state index contributed by atoms with van der Waals surface area (Å²) in [4.78, 5) is 4.28. The zero-order valence-corrected chi connectivity index (χ0v) is 17.1. The second kappa shape index (κ2) is 9.58. The zero-order chi connectivity index (χ0) is 20.1.